The second-order valence-corrected chi connectivity index (χ2v) is 4.01. The molecule has 0 spiro atoms. The molecule has 15 heavy (non-hydrogen) atoms. The zero-order chi connectivity index (χ0) is 11.3. The van der Waals surface area contributed by atoms with Crippen LogP contribution in [0.2, 0.25) is 0 Å². The van der Waals surface area contributed by atoms with Crippen molar-refractivity contribution in [3.8, 4) is 0 Å². The number of carbonyl (C=O) groups excluding carboxylic acids is 1. The number of nitrogens with one attached hydrogen (secondary N) is 1. The van der Waals surface area contributed by atoms with Gasteiger partial charge in [-0.3, -0.25) is 4.79 Å². The van der Waals surface area contributed by atoms with Crippen LogP contribution in [0.4, 0.5) is 0 Å². The van der Waals surface area contributed by atoms with E-state index in [0.29, 0.717) is 19.0 Å². The van der Waals surface area contributed by atoms with Crippen LogP contribution < -0.4 is 11.1 Å². The molecule has 1 amide bonds. The molecule has 88 valence electrons. The number of hydrogen-bond acceptors (Lipinski definition) is 4. The molecule has 1 aliphatic rings. The Balaban J connectivity index is 2.11. The summed E-state index contributed by atoms with van der Waals surface area (Å²) in [6.07, 6.45) is 1.77. The maximum Gasteiger partial charge on any atom is 0.222 e. The first kappa shape index (κ1) is 12.4. The Kier molecular flexibility index (Phi) is 5.01. The van der Waals surface area contributed by atoms with Crippen LogP contribution in [0.25, 0.3) is 0 Å². The summed E-state index contributed by atoms with van der Waals surface area (Å²) < 4.78 is 4.99. The van der Waals surface area contributed by atoms with Gasteiger partial charge in [0, 0.05) is 20.2 Å². The molecule has 1 fully saturated rings. The van der Waals surface area contributed by atoms with Crippen molar-refractivity contribution in [2.24, 2.45) is 11.7 Å². The molecule has 0 saturated heterocycles. The quantitative estimate of drug-likeness (QED) is 0.522. The molecular formula is C10H20N2O3. The summed E-state index contributed by atoms with van der Waals surface area (Å²) in [5.74, 6) is 0.269. The first-order valence-corrected chi connectivity index (χ1v) is 5.35. The zero-order valence-electron chi connectivity index (χ0n) is 9.11. The van der Waals surface area contributed by atoms with E-state index in [0.717, 1.165) is 12.8 Å². The Morgan fingerprint density at radius 1 is 1.67 bits per heavy atom. The van der Waals surface area contributed by atoms with Crippen molar-refractivity contribution in [1.82, 2.24) is 5.32 Å². The van der Waals surface area contributed by atoms with Gasteiger partial charge in [-0.25, -0.2) is 0 Å². The van der Waals surface area contributed by atoms with E-state index in [9.17, 15) is 9.90 Å². The fourth-order valence-corrected chi connectivity index (χ4v) is 1.41. The van der Waals surface area contributed by atoms with Crippen molar-refractivity contribution in [1.29, 1.82) is 0 Å². The zero-order valence-corrected chi connectivity index (χ0v) is 9.11. The molecule has 2 unspecified atom stereocenters. The predicted molar refractivity (Wildman–Crippen MR) is 56.2 cm³/mol. The van der Waals surface area contributed by atoms with E-state index >= 15 is 0 Å². The van der Waals surface area contributed by atoms with E-state index in [1.165, 1.54) is 7.11 Å². The molecule has 0 aromatic rings. The number of ether oxygens (including phenoxy) is 1. The van der Waals surface area contributed by atoms with Gasteiger partial charge < -0.3 is 20.9 Å². The van der Waals surface area contributed by atoms with Crippen LogP contribution in [0.5, 0.6) is 0 Å². The second-order valence-electron chi connectivity index (χ2n) is 4.01. The van der Waals surface area contributed by atoms with Gasteiger partial charge in [-0.15, -0.1) is 0 Å². The first-order valence-electron chi connectivity index (χ1n) is 5.35. The predicted octanol–water partition coefficient (Wildman–Crippen LogP) is -0.763. The lowest BCUT2D eigenvalue weighted by Gasteiger charge is -2.14. The van der Waals surface area contributed by atoms with E-state index in [1.807, 2.05) is 0 Å². The van der Waals surface area contributed by atoms with E-state index in [2.05, 4.69) is 5.32 Å². The van der Waals surface area contributed by atoms with E-state index in [-0.39, 0.29) is 18.4 Å². The van der Waals surface area contributed by atoms with Crippen molar-refractivity contribution >= 4 is 5.91 Å². The Labute approximate surface area is 90.0 Å². The van der Waals surface area contributed by atoms with Crippen molar-refractivity contribution < 1.29 is 14.6 Å². The molecule has 2 atom stereocenters. The van der Waals surface area contributed by atoms with Gasteiger partial charge in [0.05, 0.1) is 18.6 Å². The summed E-state index contributed by atoms with van der Waals surface area (Å²) in [6, 6.07) is 0. The third-order valence-corrected chi connectivity index (χ3v) is 2.68. The number of aliphatic hydroxyl groups is 1. The number of amides is 1. The van der Waals surface area contributed by atoms with Crippen LogP contribution in [0.15, 0.2) is 0 Å². The van der Waals surface area contributed by atoms with Crippen molar-refractivity contribution in [3.05, 3.63) is 0 Å². The Morgan fingerprint density at radius 2 is 2.33 bits per heavy atom. The van der Waals surface area contributed by atoms with Crippen LogP contribution in [-0.4, -0.2) is 43.4 Å². The molecule has 0 bridgehead atoms. The SMILES string of the molecule is COC(CN)CC(=O)NCC(O)C1CC1. The minimum absolute atomic E-state index is 0.119. The molecule has 0 radical (unpaired) electrons. The molecule has 0 aromatic heterocycles. The van der Waals surface area contributed by atoms with E-state index in [4.69, 9.17) is 10.5 Å². The van der Waals surface area contributed by atoms with Gasteiger partial charge in [0.2, 0.25) is 5.91 Å². The fourth-order valence-electron chi connectivity index (χ4n) is 1.41. The molecule has 5 heteroatoms. The molecule has 0 aliphatic heterocycles. The molecule has 0 aromatic carbocycles. The summed E-state index contributed by atoms with van der Waals surface area (Å²) in [7, 11) is 1.53. The summed E-state index contributed by atoms with van der Waals surface area (Å²) in [5, 5.41) is 12.2. The highest BCUT2D eigenvalue weighted by Gasteiger charge is 2.29. The van der Waals surface area contributed by atoms with Gasteiger partial charge in [-0.1, -0.05) is 0 Å². The van der Waals surface area contributed by atoms with Gasteiger partial charge in [-0.2, -0.15) is 0 Å². The Bertz CT molecular complexity index is 203. The second kappa shape index (κ2) is 6.05. The van der Waals surface area contributed by atoms with Crippen LogP contribution in [0, 0.1) is 5.92 Å². The smallest absolute Gasteiger partial charge is 0.222 e. The standard InChI is InChI=1S/C10H20N2O3/c1-15-8(5-11)4-10(14)12-6-9(13)7-2-3-7/h7-9,13H,2-6,11H2,1H3,(H,12,14). The largest absolute Gasteiger partial charge is 0.391 e. The van der Waals surface area contributed by atoms with Gasteiger partial charge in [0.1, 0.15) is 0 Å². The van der Waals surface area contributed by atoms with Crippen LogP contribution >= 0.6 is 0 Å². The summed E-state index contributed by atoms with van der Waals surface area (Å²) in [5.41, 5.74) is 5.39. The van der Waals surface area contributed by atoms with Crippen molar-refractivity contribution in [3.63, 3.8) is 0 Å². The highest BCUT2D eigenvalue weighted by Crippen LogP contribution is 2.32. The number of methoxy groups -OCH3 is 1. The number of nitrogens with two attached hydrogens (primary N) is 1. The molecule has 1 aliphatic carbocycles. The minimum Gasteiger partial charge on any atom is -0.391 e. The van der Waals surface area contributed by atoms with Crippen LogP contribution in [0.1, 0.15) is 19.3 Å². The molecule has 1 saturated carbocycles. The van der Waals surface area contributed by atoms with Gasteiger partial charge in [0.15, 0.2) is 0 Å². The summed E-state index contributed by atoms with van der Waals surface area (Å²) in [6.45, 7) is 0.666. The summed E-state index contributed by atoms with van der Waals surface area (Å²) in [4.78, 5) is 11.4. The van der Waals surface area contributed by atoms with Gasteiger partial charge >= 0.3 is 0 Å². The average Bonchev–Trinajstić information content (AvgIpc) is 3.06. The third-order valence-electron chi connectivity index (χ3n) is 2.68. The number of aliphatic hydroxyl groups excluding tert-OH is 1. The lowest BCUT2D eigenvalue weighted by Crippen LogP contribution is -2.36. The molecule has 1 rings (SSSR count). The van der Waals surface area contributed by atoms with Crippen LogP contribution in [0.3, 0.4) is 0 Å². The van der Waals surface area contributed by atoms with Crippen molar-refractivity contribution in [2.75, 3.05) is 20.2 Å². The minimum atomic E-state index is -0.396. The highest BCUT2D eigenvalue weighted by atomic mass is 16.5. The molecular weight excluding hydrogens is 196 g/mol. The maximum atomic E-state index is 11.4. The van der Waals surface area contributed by atoms with Crippen molar-refractivity contribution in [2.45, 2.75) is 31.5 Å². The maximum absolute atomic E-state index is 11.4. The third kappa shape index (κ3) is 4.59. The number of hydrogen-bond donors (Lipinski definition) is 3. The normalized spacial score (nSPS) is 19.7. The fraction of sp³-hybridized carbons (Fsp3) is 0.900. The monoisotopic (exact) mass is 216 g/mol. The first-order chi connectivity index (χ1) is 7.17. The highest BCUT2D eigenvalue weighted by molar-refractivity contribution is 5.76. The molecule has 4 N–H and O–H groups in total. The van der Waals surface area contributed by atoms with Crippen LogP contribution in [-0.2, 0) is 9.53 Å². The molecule has 5 nitrogen and oxygen atoms in total. The molecule has 0 heterocycles. The van der Waals surface area contributed by atoms with E-state index in [1.54, 1.807) is 0 Å². The summed E-state index contributed by atoms with van der Waals surface area (Å²) >= 11 is 0. The van der Waals surface area contributed by atoms with Gasteiger partial charge in [0.25, 0.3) is 0 Å². The number of carbonyl (C=O) groups is 1. The topological polar surface area (TPSA) is 84.6 Å². The average molecular weight is 216 g/mol. The Morgan fingerprint density at radius 3 is 2.80 bits per heavy atom. The van der Waals surface area contributed by atoms with E-state index < -0.39 is 6.10 Å². The number of rotatable bonds is 7. The Hall–Kier alpha value is -0.650. The lowest BCUT2D eigenvalue weighted by molar-refractivity contribution is -0.123. The van der Waals surface area contributed by atoms with Gasteiger partial charge in [-0.05, 0) is 18.8 Å². The lowest BCUT2D eigenvalue weighted by atomic mass is 10.2.